The molecule has 3 aromatic rings. The molecule has 126 valence electrons. The van der Waals surface area contributed by atoms with Crippen molar-refractivity contribution in [1.82, 2.24) is 15.2 Å². The fourth-order valence-electron chi connectivity index (χ4n) is 2.12. The lowest BCUT2D eigenvalue weighted by atomic mass is 10.2. The van der Waals surface area contributed by atoms with Crippen LogP contribution in [0.2, 0.25) is 5.02 Å². The quantitative estimate of drug-likeness (QED) is 0.502. The molecule has 1 aromatic heterocycles. The number of nitrogens with one attached hydrogen (secondary N) is 1. The predicted molar refractivity (Wildman–Crippen MR) is 102 cm³/mol. The molecule has 0 aliphatic heterocycles. The minimum Gasteiger partial charge on any atom is -0.268 e. The van der Waals surface area contributed by atoms with Crippen LogP contribution < -0.4 is 5.43 Å². The molecule has 0 saturated carbocycles. The lowest BCUT2D eigenvalue weighted by Gasteiger charge is -2.02. The molecule has 0 unspecified atom stereocenters. The molecular formula is C18H14BrClN4O. The third-order valence-corrected chi connectivity index (χ3v) is 4.16. The van der Waals surface area contributed by atoms with Crippen molar-refractivity contribution in [3.05, 3.63) is 87.1 Å². The van der Waals surface area contributed by atoms with E-state index in [-0.39, 0.29) is 5.91 Å². The Labute approximate surface area is 158 Å². The van der Waals surface area contributed by atoms with E-state index >= 15 is 0 Å². The SMILES string of the molecule is O=C(N/N=C\c1ccc(Br)cc1)c1ccn(Cc2ccc(Cl)cc2)n1. The summed E-state index contributed by atoms with van der Waals surface area (Å²) in [4.78, 5) is 12.1. The average molecular weight is 418 g/mol. The second-order valence-electron chi connectivity index (χ2n) is 5.28. The normalized spacial score (nSPS) is 11.0. The molecule has 0 aliphatic rings. The number of carbonyl (C=O) groups excluding carboxylic acids is 1. The van der Waals surface area contributed by atoms with Gasteiger partial charge in [-0.1, -0.05) is 51.8 Å². The number of amides is 1. The highest BCUT2D eigenvalue weighted by molar-refractivity contribution is 9.10. The molecule has 0 radical (unpaired) electrons. The maximum Gasteiger partial charge on any atom is 0.291 e. The molecule has 0 atom stereocenters. The minimum atomic E-state index is -0.358. The van der Waals surface area contributed by atoms with Crippen molar-refractivity contribution in [3.63, 3.8) is 0 Å². The van der Waals surface area contributed by atoms with Crippen LogP contribution in [0.15, 0.2) is 70.4 Å². The standard InChI is InChI=1S/C18H14BrClN4O/c19-15-5-1-13(2-6-15)11-21-22-18(25)17-9-10-24(23-17)12-14-3-7-16(20)8-4-14/h1-11H,12H2,(H,22,25)/b21-11-. The van der Waals surface area contributed by atoms with Gasteiger partial charge in [-0.15, -0.1) is 0 Å². The molecule has 0 spiro atoms. The van der Waals surface area contributed by atoms with Gasteiger partial charge in [0, 0.05) is 15.7 Å². The largest absolute Gasteiger partial charge is 0.291 e. The van der Waals surface area contributed by atoms with Gasteiger partial charge in [-0.05, 0) is 41.5 Å². The molecule has 1 heterocycles. The molecule has 3 rings (SSSR count). The smallest absolute Gasteiger partial charge is 0.268 e. The van der Waals surface area contributed by atoms with Gasteiger partial charge in [0.1, 0.15) is 0 Å². The number of aromatic nitrogens is 2. The van der Waals surface area contributed by atoms with Crippen LogP contribution in [0.3, 0.4) is 0 Å². The van der Waals surface area contributed by atoms with Crippen molar-refractivity contribution in [3.8, 4) is 0 Å². The van der Waals surface area contributed by atoms with Gasteiger partial charge in [0.05, 0.1) is 12.8 Å². The number of nitrogens with zero attached hydrogens (tertiary/aromatic N) is 3. The number of hydrazone groups is 1. The number of halogens is 2. The zero-order valence-corrected chi connectivity index (χ0v) is 15.4. The van der Waals surface area contributed by atoms with Gasteiger partial charge in [0.2, 0.25) is 0 Å². The Morgan fingerprint density at radius 3 is 2.60 bits per heavy atom. The first-order chi connectivity index (χ1) is 12.1. The molecule has 1 N–H and O–H groups in total. The fourth-order valence-corrected chi connectivity index (χ4v) is 2.51. The molecule has 2 aromatic carbocycles. The second kappa shape index (κ2) is 8.09. The fraction of sp³-hybridized carbons (Fsp3) is 0.0556. The Morgan fingerprint density at radius 2 is 1.88 bits per heavy atom. The van der Waals surface area contributed by atoms with Crippen LogP contribution in [0.5, 0.6) is 0 Å². The lowest BCUT2D eigenvalue weighted by molar-refractivity contribution is 0.0949. The zero-order valence-electron chi connectivity index (χ0n) is 13.1. The Kier molecular flexibility index (Phi) is 5.63. The third kappa shape index (κ3) is 5.01. The summed E-state index contributed by atoms with van der Waals surface area (Å²) in [6.45, 7) is 0.562. The van der Waals surface area contributed by atoms with Gasteiger partial charge in [0.15, 0.2) is 5.69 Å². The Morgan fingerprint density at radius 1 is 1.16 bits per heavy atom. The first-order valence-corrected chi connectivity index (χ1v) is 8.64. The summed E-state index contributed by atoms with van der Waals surface area (Å²) in [5.41, 5.74) is 4.71. The number of carbonyl (C=O) groups is 1. The summed E-state index contributed by atoms with van der Waals surface area (Å²) in [7, 11) is 0. The maximum atomic E-state index is 12.1. The van der Waals surface area contributed by atoms with Crippen LogP contribution in [0.4, 0.5) is 0 Å². The number of benzene rings is 2. The highest BCUT2D eigenvalue weighted by atomic mass is 79.9. The molecule has 0 saturated heterocycles. The molecule has 0 aliphatic carbocycles. The number of hydrogen-bond acceptors (Lipinski definition) is 3. The van der Waals surface area contributed by atoms with Crippen LogP contribution in [-0.4, -0.2) is 21.9 Å². The van der Waals surface area contributed by atoms with Gasteiger partial charge in [-0.25, -0.2) is 5.43 Å². The molecular weight excluding hydrogens is 404 g/mol. The topological polar surface area (TPSA) is 59.3 Å². The van der Waals surface area contributed by atoms with E-state index < -0.39 is 0 Å². The van der Waals surface area contributed by atoms with Crippen LogP contribution in [-0.2, 0) is 6.54 Å². The number of hydrogen-bond donors (Lipinski definition) is 1. The van der Waals surface area contributed by atoms with Gasteiger partial charge in [0.25, 0.3) is 5.91 Å². The molecule has 7 heteroatoms. The van der Waals surface area contributed by atoms with Crippen molar-refractivity contribution in [2.24, 2.45) is 5.10 Å². The van der Waals surface area contributed by atoms with E-state index in [1.165, 1.54) is 0 Å². The van der Waals surface area contributed by atoms with Crippen molar-refractivity contribution in [2.45, 2.75) is 6.54 Å². The zero-order chi connectivity index (χ0) is 17.6. The van der Waals surface area contributed by atoms with Crippen molar-refractivity contribution < 1.29 is 4.79 Å². The Hall–Kier alpha value is -2.44. The highest BCUT2D eigenvalue weighted by Gasteiger charge is 2.08. The summed E-state index contributed by atoms with van der Waals surface area (Å²) < 4.78 is 2.68. The van der Waals surface area contributed by atoms with Crippen LogP contribution in [0, 0.1) is 0 Å². The summed E-state index contributed by atoms with van der Waals surface area (Å²) in [6, 6.07) is 16.7. The maximum absolute atomic E-state index is 12.1. The lowest BCUT2D eigenvalue weighted by Crippen LogP contribution is -2.18. The second-order valence-corrected chi connectivity index (χ2v) is 6.63. The first-order valence-electron chi connectivity index (χ1n) is 7.47. The van der Waals surface area contributed by atoms with E-state index in [4.69, 9.17) is 11.6 Å². The van der Waals surface area contributed by atoms with Crippen molar-refractivity contribution >= 4 is 39.7 Å². The summed E-state index contributed by atoms with van der Waals surface area (Å²) >= 11 is 9.24. The summed E-state index contributed by atoms with van der Waals surface area (Å²) in [5.74, 6) is -0.358. The molecule has 25 heavy (non-hydrogen) atoms. The summed E-state index contributed by atoms with van der Waals surface area (Å²) in [6.07, 6.45) is 3.33. The first kappa shape index (κ1) is 17.4. The molecule has 0 fully saturated rings. The monoisotopic (exact) mass is 416 g/mol. The van der Waals surface area contributed by atoms with Gasteiger partial charge in [-0.2, -0.15) is 10.2 Å². The molecule has 0 bridgehead atoms. The van der Waals surface area contributed by atoms with Crippen molar-refractivity contribution in [1.29, 1.82) is 0 Å². The van der Waals surface area contributed by atoms with E-state index in [0.717, 1.165) is 15.6 Å². The van der Waals surface area contributed by atoms with Crippen LogP contribution in [0.25, 0.3) is 0 Å². The molecule has 5 nitrogen and oxygen atoms in total. The van der Waals surface area contributed by atoms with Crippen LogP contribution in [0.1, 0.15) is 21.6 Å². The average Bonchev–Trinajstić information content (AvgIpc) is 3.07. The van der Waals surface area contributed by atoms with Crippen LogP contribution >= 0.6 is 27.5 Å². The van der Waals surface area contributed by atoms with E-state index in [9.17, 15) is 4.79 Å². The van der Waals surface area contributed by atoms with E-state index in [0.29, 0.717) is 17.3 Å². The Balaban J connectivity index is 1.58. The van der Waals surface area contributed by atoms with Gasteiger partial charge in [-0.3, -0.25) is 9.48 Å². The van der Waals surface area contributed by atoms with E-state index in [2.05, 4.69) is 31.6 Å². The summed E-state index contributed by atoms with van der Waals surface area (Å²) in [5, 5.41) is 8.89. The predicted octanol–water partition coefficient (Wildman–Crippen LogP) is 4.11. The van der Waals surface area contributed by atoms with Crippen molar-refractivity contribution in [2.75, 3.05) is 0 Å². The minimum absolute atomic E-state index is 0.307. The third-order valence-electron chi connectivity index (χ3n) is 3.38. The number of rotatable bonds is 5. The van der Waals surface area contributed by atoms with Gasteiger partial charge >= 0.3 is 0 Å². The van der Waals surface area contributed by atoms with Gasteiger partial charge < -0.3 is 0 Å². The Bertz CT molecular complexity index is 888. The highest BCUT2D eigenvalue weighted by Crippen LogP contribution is 2.11. The molecule has 1 amide bonds. The van der Waals surface area contributed by atoms with E-state index in [1.54, 1.807) is 23.2 Å². The van der Waals surface area contributed by atoms with E-state index in [1.807, 2.05) is 48.5 Å².